The van der Waals surface area contributed by atoms with Crippen LogP contribution in [0.15, 0.2) is 27.7 Å². The molecular formula is C19H28BrFN4O. The molecule has 0 radical (unpaired) electrons. The zero-order chi connectivity index (χ0) is 18.8. The summed E-state index contributed by atoms with van der Waals surface area (Å²) in [5.41, 5.74) is 0.706. The fraction of sp³-hybridized carbons (Fsp3) is 0.579. The molecule has 0 unspecified atom stereocenters. The van der Waals surface area contributed by atoms with Gasteiger partial charge in [-0.05, 0) is 56.7 Å². The molecule has 1 fully saturated rings. The second-order valence-corrected chi connectivity index (χ2v) is 7.32. The number of piperidine rings is 1. The minimum atomic E-state index is -0.188. The highest BCUT2D eigenvalue weighted by molar-refractivity contribution is 9.10. The lowest BCUT2D eigenvalue weighted by Gasteiger charge is -2.26. The Morgan fingerprint density at radius 2 is 2.04 bits per heavy atom. The van der Waals surface area contributed by atoms with Gasteiger partial charge in [-0.3, -0.25) is 4.79 Å². The Morgan fingerprint density at radius 1 is 1.27 bits per heavy atom. The average molecular weight is 427 g/mol. The van der Waals surface area contributed by atoms with E-state index in [0.717, 1.165) is 43.4 Å². The summed E-state index contributed by atoms with van der Waals surface area (Å²) in [6.07, 6.45) is 4.80. The number of benzene rings is 1. The summed E-state index contributed by atoms with van der Waals surface area (Å²) in [6.45, 7) is 5.23. The van der Waals surface area contributed by atoms with Crippen molar-refractivity contribution in [2.45, 2.75) is 39.0 Å². The van der Waals surface area contributed by atoms with E-state index >= 15 is 0 Å². The van der Waals surface area contributed by atoms with Gasteiger partial charge in [0.25, 0.3) is 0 Å². The second kappa shape index (κ2) is 11.2. The minimum absolute atomic E-state index is 0.0823. The highest BCUT2D eigenvalue weighted by Gasteiger charge is 2.15. The van der Waals surface area contributed by atoms with Crippen molar-refractivity contribution in [3.8, 4) is 0 Å². The van der Waals surface area contributed by atoms with Gasteiger partial charge in [0.1, 0.15) is 12.4 Å². The zero-order valence-corrected chi connectivity index (χ0v) is 16.9. The molecule has 2 N–H and O–H groups in total. The molecule has 7 heteroatoms. The van der Waals surface area contributed by atoms with Crippen LogP contribution in [-0.2, 0) is 11.2 Å². The van der Waals surface area contributed by atoms with Gasteiger partial charge in [-0.1, -0.05) is 22.0 Å². The molecule has 1 aliphatic heterocycles. The SMILES string of the molecule is CCNC(=NCC(=O)N1CCCCC1)NCCCc1ccc(Br)cc1F. The Labute approximate surface area is 163 Å². The standard InChI is InChI=1S/C19H28BrFN4O/c1-2-22-19(24-14-18(26)25-11-4-3-5-12-25)23-10-6-7-15-8-9-16(20)13-17(15)21/h8-9,13H,2-7,10-12,14H2,1H3,(H2,22,23,24). The summed E-state index contributed by atoms with van der Waals surface area (Å²) in [5, 5.41) is 6.36. The Balaban J connectivity index is 1.76. The lowest BCUT2D eigenvalue weighted by molar-refractivity contribution is -0.130. The van der Waals surface area contributed by atoms with E-state index < -0.39 is 0 Å². The summed E-state index contributed by atoms with van der Waals surface area (Å²) in [5.74, 6) is 0.528. The Hall–Kier alpha value is -1.63. The zero-order valence-electron chi connectivity index (χ0n) is 15.4. The van der Waals surface area contributed by atoms with Crippen molar-refractivity contribution in [1.82, 2.24) is 15.5 Å². The van der Waals surface area contributed by atoms with Crippen LogP contribution in [0, 0.1) is 5.82 Å². The summed E-state index contributed by atoms with van der Waals surface area (Å²) >= 11 is 3.26. The van der Waals surface area contributed by atoms with Crippen LogP contribution >= 0.6 is 15.9 Å². The Bertz CT molecular complexity index is 618. The molecule has 0 spiro atoms. The van der Waals surface area contributed by atoms with Crippen LogP contribution in [0.25, 0.3) is 0 Å². The highest BCUT2D eigenvalue weighted by Crippen LogP contribution is 2.16. The fourth-order valence-corrected chi connectivity index (χ4v) is 3.27. The van der Waals surface area contributed by atoms with Crippen LogP contribution in [0.2, 0.25) is 0 Å². The average Bonchev–Trinajstić information content (AvgIpc) is 2.65. The van der Waals surface area contributed by atoms with E-state index in [2.05, 4.69) is 31.6 Å². The smallest absolute Gasteiger partial charge is 0.244 e. The second-order valence-electron chi connectivity index (χ2n) is 6.40. The third-order valence-corrected chi connectivity index (χ3v) is 4.85. The first-order valence-electron chi connectivity index (χ1n) is 9.34. The monoisotopic (exact) mass is 426 g/mol. The maximum Gasteiger partial charge on any atom is 0.244 e. The molecule has 26 heavy (non-hydrogen) atoms. The number of hydrogen-bond donors (Lipinski definition) is 2. The van der Waals surface area contributed by atoms with Crippen molar-refractivity contribution in [3.63, 3.8) is 0 Å². The fourth-order valence-electron chi connectivity index (χ4n) is 2.94. The molecule has 0 aromatic heterocycles. The van der Waals surface area contributed by atoms with Crippen molar-refractivity contribution in [1.29, 1.82) is 0 Å². The number of likely N-dealkylation sites (tertiary alicyclic amines) is 1. The first kappa shape index (κ1) is 20.7. The van der Waals surface area contributed by atoms with Crippen LogP contribution in [0.4, 0.5) is 4.39 Å². The summed E-state index contributed by atoms with van der Waals surface area (Å²) < 4.78 is 14.6. The summed E-state index contributed by atoms with van der Waals surface area (Å²) in [7, 11) is 0. The normalized spacial score (nSPS) is 15.0. The van der Waals surface area contributed by atoms with Gasteiger partial charge < -0.3 is 15.5 Å². The van der Waals surface area contributed by atoms with E-state index in [1.807, 2.05) is 17.9 Å². The highest BCUT2D eigenvalue weighted by atomic mass is 79.9. The molecule has 1 aliphatic rings. The number of nitrogens with zero attached hydrogens (tertiary/aromatic N) is 2. The number of nitrogens with one attached hydrogen (secondary N) is 2. The van der Waals surface area contributed by atoms with Crippen LogP contribution in [0.3, 0.4) is 0 Å². The quantitative estimate of drug-likeness (QED) is 0.400. The molecule has 1 amide bonds. The van der Waals surface area contributed by atoms with E-state index in [1.54, 1.807) is 6.07 Å². The molecule has 1 saturated heterocycles. The van der Waals surface area contributed by atoms with Gasteiger partial charge in [-0.2, -0.15) is 0 Å². The molecule has 144 valence electrons. The van der Waals surface area contributed by atoms with E-state index in [9.17, 15) is 9.18 Å². The van der Waals surface area contributed by atoms with Crippen molar-refractivity contribution in [3.05, 3.63) is 34.1 Å². The van der Waals surface area contributed by atoms with E-state index in [-0.39, 0.29) is 18.3 Å². The number of rotatable bonds is 7. The van der Waals surface area contributed by atoms with E-state index in [1.165, 1.54) is 12.5 Å². The topological polar surface area (TPSA) is 56.7 Å². The number of amides is 1. The first-order chi connectivity index (χ1) is 12.6. The van der Waals surface area contributed by atoms with Crippen LogP contribution in [-0.4, -0.2) is 49.5 Å². The first-order valence-corrected chi connectivity index (χ1v) is 10.1. The maximum absolute atomic E-state index is 13.8. The molecule has 2 rings (SSSR count). The van der Waals surface area contributed by atoms with Gasteiger partial charge in [0.2, 0.25) is 5.91 Å². The molecule has 0 atom stereocenters. The number of halogens is 2. The van der Waals surface area contributed by atoms with Gasteiger partial charge >= 0.3 is 0 Å². The van der Waals surface area contributed by atoms with Gasteiger partial charge in [0.05, 0.1) is 0 Å². The minimum Gasteiger partial charge on any atom is -0.357 e. The third-order valence-electron chi connectivity index (χ3n) is 4.36. The Kier molecular flexibility index (Phi) is 8.88. The predicted octanol–water partition coefficient (Wildman–Crippen LogP) is 3.09. The number of aryl methyl sites for hydroxylation is 1. The Morgan fingerprint density at radius 3 is 2.73 bits per heavy atom. The van der Waals surface area contributed by atoms with Crippen molar-refractivity contribution < 1.29 is 9.18 Å². The van der Waals surface area contributed by atoms with Crippen LogP contribution < -0.4 is 10.6 Å². The van der Waals surface area contributed by atoms with Crippen LogP contribution in [0.1, 0.15) is 38.2 Å². The maximum atomic E-state index is 13.8. The lowest BCUT2D eigenvalue weighted by Crippen LogP contribution is -2.40. The van der Waals surface area contributed by atoms with Gasteiger partial charge in [0, 0.05) is 30.7 Å². The van der Waals surface area contributed by atoms with Gasteiger partial charge in [-0.25, -0.2) is 9.38 Å². The van der Waals surface area contributed by atoms with Crippen LogP contribution in [0.5, 0.6) is 0 Å². The number of aliphatic imine (C=N–C) groups is 1. The summed E-state index contributed by atoms with van der Waals surface area (Å²) in [6, 6.07) is 5.14. The molecule has 1 heterocycles. The predicted molar refractivity (Wildman–Crippen MR) is 107 cm³/mol. The van der Waals surface area contributed by atoms with Crippen molar-refractivity contribution >= 4 is 27.8 Å². The van der Waals surface area contributed by atoms with Crippen molar-refractivity contribution in [2.24, 2.45) is 4.99 Å². The summed E-state index contributed by atoms with van der Waals surface area (Å²) in [4.78, 5) is 18.5. The molecule has 0 aliphatic carbocycles. The molecule has 5 nitrogen and oxygen atoms in total. The molecule has 1 aromatic carbocycles. The molecule has 0 bridgehead atoms. The third kappa shape index (κ3) is 6.94. The van der Waals surface area contributed by atoms with Gasteiger partial charge in [-0.15, -0.1) is 0 Å². The molecule has 1 aromatic rings. The number of hydrogen-bond acceptors (Lipinski definition) is 2. The lowest BCUT2D eigenvalue weighted by atomic mass is 10.1. The van der Waals surface area contributed by atoms with E-state index in [4.69, 9.17) is 0 Å². The molecular weight excluding hydrogens is 399 g/mol. The number of carbonyl (C=O) groups is 1. The number of carbonyl (C=O) groups excluding carboxylic acids is 1. The largest absolute Gasteiger partial charge is 0.357 e. The molecule has 0 saturated carbocycles. The van der Waals surface area contributed by atoms with Crippen molar-refractivity contribution in [2.75, 3.05) is 32.7 Å². The van der Waals surface area contributed by atoms with Gasteiger partial charge in [0.15, 0.2) is 5.96 Å². The van der Waals surface area contributed by atoms with E-state index in [0.29, 0.717) is 24.5 Å². The number of guanidine groups is 1.